The second kappa shape index (κ2) is 6.71. The Morgan fingerprint density at radius 1 is 1.38 bits per heavy atom. The van der Waals surface area contributed by atoms with Gasteiger partial charge in [0.2, 0.25) is 5.88 Å². The number of amides is 1. The van der Waals surface area contributed by atoms with Crippen molar-refractivity contribution in [3.8, 4) is 5.88 Å². The lowest BCUT2D eigenvalue weighted by Crippen LogP contribution is -2.35. The molecule has 0 unspecified atom stereocenters. The number of nitrogens with two attached hydrogens (primary N) is 1. The number of aromatic nitrogens is 1. The monoisotopic (exact) mass is 296 g/mol. The van der Waals surface area contributed by atoms with Gasteiger partial charge in [0.05, 0.1) is 7.11 Å². The molecule has 0 saturated heterocycles. The molecule has 0 aromatic carbocycles. The highest BCUT2D eigenvalue weighted by atomic mass is 19.1. The molecule has 2 rings (SSSR count). The summed E-state index contributed by atoms with van der Waals surface area (Å²) >= 11 is 0. The van der Waals surface area contributed by atoms with E-state index in [1.54, 1.807) is 0 Å². The van der Waals surface area contributed by atoms with Crippen LogP contribution >= 0.6 is 0 Å². The lowest BCUT2D eigenvalue weighted by Gasteiger charge is -2.29. The van der Waals surface area contributed by atoms with Crippen LogP contribution in [0.5, 0.6) is 5.88 Å². The van der Waals surface area contributed by atoms with Crippen LogP contribution < -0.4 is 21.1 Å². The van der Waals surface area contributed by atoms with Crippen LogP contribution in [-0.2, 0) is 0 Å². The minimum Gasteiger partial charge on any atom is -0.480 e. The van der Waals surface area contributed by atoms with E-state index in [9.17, 15) is 9.18 Å². The third-order valence-corrected chi connectivity index (χ3v) is 3.88. The van der Waals surface area contributed by atoms with Gasteiger partial charge in [0.25, 0.3) is 5.91 Å². The molecular formula is C14H21FN4O2. The topological polar surface area (TPSA) is 89.3 Å². The van der Waals surface area contributed by atoms with Crippen LogP contribution in [0.4, 0.5) is 10.2 Å². The number of anilines is 1. The number of primary amides is 1. The Morgan fingerprint density at radius 2 is 2.00 bits per heavy atom. The van der Waals surface area contributed by atoms with Gasteiger partial charge in [-0.15, -0.1) is 0 Å². The van der Waals surface area contributed by atoms with Gasteiger partial charge < -0.3 is 21.1 Å². The number of pyridine rings is 1. The molecule has 0 bridgehead atoms. The number of hydrogen-bond donors (Lipinski definition) is 3. The molecule has 0 atom stereocenters. The lowest BCUT2D eigenvalue weighted by atomic mass is 9.91. The summed E-state index contributed by atoms with van der Waals surface area (Å²) in [6.45, 7) is 0. The number of nitrogens with one attached hydrogen (secondary N) is 2. The molecule has 4 N–H and O–H groups in total. The molecule has 1 aromatic heterocycles. The molecule has 1 aromatic rings. The average molecular weight is 296 g/mol. The Labute approximate surface area is 123 Å². The first-order chi connectivity index (χ1) is 10.0. The van der Waals surface area contributed by atoms with Gasteiger partial charge in [-0.25, -0.2) is 4.39 Å². The predicted octanol–water partition coefficient (Wildman–Crippen LogP) is 1.27. The smallest absolute Gasteiger partial charge is 0.254 e. The van der Waals surface area contributed by atoms with Gasteiger partial charge in [-0.1, -0.05) is 0 Å². The highest BCUT2D eigenvalue weighted by Crippen LogP contribution is 2.26. The minimum atomic E-state index is -0.765. The number of nitrogens with zero attached hydrogens (tertiary/aromatic N) is 1. The van der Waals surface area contributed by atoms with Crippen molar-refractivity contribution in [3.05, 3.63) is 17.4 Å². The molecule has 0 spiro atoms. The van der Waals surface area contributed by atoms with Crippen LogP contribution in [0, 0.1) is 5.82 Å². The van der Waals surface area contributed by atoms with Crippen molar-refractivity contribution >= 4 is 11.7 Å². The summed E-state index contributed by atoms with van der Waals surface area (Å²) in [4.78, 5) is 15.2. The molecule has 116 valence electrons. The fraction of sp³-hybridized carbons (Fsp3) is 0.571. The molecule has 1 aliphatic rings. The van der Waals surface area contributed by atoms with Crippen molar-refractivity contribution in [1.82, 2.24) is 10.3 Å². The largest absolute Gasteiger partial charge is 0.480 e. The van der Waals surface area contributed by atoms with Crippen molar-refractivity contribution in [1.29, 1.82) is 0 Å². The van der Waals surface area contributed by atoms with Crippen molar-refractivity contribution in [2.24, 2.45) is 5.73 Å². The predicted molar refractivity (Wildman–Crippen MR) is 78.0 cm³/mol. The van der Waals surface area contributed by atoms with Gasteiger partial charge in [-0.3, -0.25) is 4.79 Å². The number of carbonyl (C=O) groups excluding carboxylic acids is 1. The molecule has 1 fully saturated rings. The average Bonchev–Trinajstić information content (AvgIpc) is 2.49. The van der Waals surface area contributed by atoms with E-state index >= 15 is 0 Å². The Balaban J connectivity index is 2.12. The van der Waals surface area contributed by atoms with E-state index in [2.05, 4.69) is 15.6 Å². The van der Waals surface area contributed by atoms with Crippen LogP contribution in [0.1, 0.15) is 36.0 Å². The van der Waals surface area contributed by atoms with E-state index in [-0.39, 0.29) is 23.3 Å². The third-order valence-electron chi connectivity index (χ3n) is 3.88. The number of ether oxygens (including phenoxy) is 1. The van der Waals surface area contributed by atoms with Crippen LogP contribution in [0.25, 0.3) is 0 Å². The zero-order valence-corrected chi connectivity index (χ0v) is 12.3. The van der Waals surface area contributed by atoms with Gasteiger partial charge >= 0.3 is 0 Å². The van der Waals surface area contributed by atoms with E-state index in [1.165, 1.54) is 7.11 Å². The maximum absolute atomic E-state index is 14.0. The second-order valence-corrected chi connectivity index (χ2v) is 5.22. The number of halogens is 1. The zero-order valence-electron chi connectivity index (χ0n) is 12.3. The van der Waals surface area contributed by atoms with Crippen molar-refractivity contribution in [2.45, 2.75) is 37.8 Å². The molecule has 1 aliphatic carbocycles. The Kier molecular flexibility index (Phi) is 4.95. The Hall–Kier alpha value is -1.89. The maximum Gasteiger partial charge on any atom is 0.254 e. The summed E-state index contributed by atoms with van der Waals surface area (Å²) in [6, 6.07) is 1.75. The van der Waals surface area contributed by atoms with Crippen LogP contribution in [0.2, 0.25) is 0 Å². The molecular weight excluding hydrogens is 275 g/mol. The molecule has 1 saturated carbocycles. The number of rotatable bonds is 5. The molecule has 0 radical (unpaired) electrons. The number of carbonyl (C=O) groups is 1. The van der Waals surface area contributed by atoms with Gasteiger partial charge in [0.15, 0.2) is 11.6 Å². The Bertz CT molecular complexity index is 516. The number of methoxy groups -OCH3 is 1. The third kappa shape index (κ3) is 3.60. The second-order valence-electron chi connectivity index (χ2n) is 5.22. The first kappa shape index (κ1) is 15.5. The van der Waals surface area contributed by atoms with Crippen molar-refractivity contribution < 1.29 is 13.9 Å². The molecule has 1 amide bonds. The number of hydrogen-bond acceptors (Lipinski definition) is 5. The summed E-state index contributed by atoms with van der Waals surface area (Å²) in [6.07, 6.45) is 3.94. The zero-order chi connectivity index (χ0) is 15.4. The van der Waals surface area contributed by atoms with E-state index < -0.39 is 11.7 Å². The minimum absolute atomic E-state index is 0.0373. The van der Waals surface area contributed by atoms with Gasteiger partial charge in [-0.2, -0.15) is 4.98 Å². The highest BCUT2D eigenvalue weighted by Gasteiger charge is 2.22. The normalized spacial score (nSPS) is 21.9. The highest BCUT2D eigenvalue weighted by molar-refractivity contribution is 5.95. The lowest BCUT2D eigenvalue weighted by molar-refractivity contribution is 0.0996. The summed E-state index contributed by atoms with van der Waals surface area (Å²) < 4.78 is 19.0. The first-order valence-corrected chi connectivity index (χ1v) is 7.03. The SMILES string of the molecule is CN[C@H]1CC[C@H](Nc2nc(OC)c(C(N)=O)cc2F)CC1. The van der Waals surface area contributed by atoms with E-state index in [1.807, 2.05) is 7.05 Å². The van der Waals surface area contributed by atoms with Crippen LogP contribution in [0.3, 0.4) is 0 Å². The quantitative estimate of drug-likeness (QED) is 0.761. The van der Waals surface area contributed by atoms with Crippen molar-refractivity contribution in [2.75, 3.05) is 19.5 Å². The summed E-state index contributed by atoms with van der Waals surface area (Å²) in [5.41, 5.74) is 5.11. The fourth-order valence-electron chi connectivity index (χ4n) is 2.63. The van der Waals surface area contributed by atoms with Gasteiger partial charge in [0.1, 0.15) is 5.56 Å². The van der Waals surface area contributed by atoms with Crippen LogP contribution in [-0.4, -0.2) is 37.1 Å². The van der Waals surface area contributed by atoms with Gasteiger partial charge in [-0.05, 0) is 38.8 Å². The standard InChI is InChI=1S/C14H21FN4O2/c1-17-8-3-5-9(6-4-8)18-13-11(15)7-10(12(16)20)14(19-13)21-2/h7-9,17H,3-6H2,1-2H3,(H2,16,20)(H,18,19)/t8-,9-. The first-order valence-electron chi connectivity index (χ1n) is 7.03. The summed E-state index contributed by atoms with van der Waals surface area (Å²) in [5, 5.41) is 6.34. The van der Waals surface area contributed by atoms with Crippen LogP contribution in [0.15, 0.2) is 6.07 Å². The fourth-order valence-corrected chi connectivity index (χ4v) is 2.63. The maximum atomic E-state index is 14.0. The van der Waals surface area contributed by atoms with E-state index in [0.717, 1.165) is 31.7 Å². The molecule has 7 heteroatoms. The molecule has 21 heavy (non-hydrogen) atoms. The van der Waals surface area contributed by atoms with E-state index in [0.29, 0.717) is 6.04 Å². The summed E-state index contributed by atoms with van der Waals surface area (Å²) in [7, 11) is 3.32. The van der Waals surface area contributed by atoms with E-state index in [4.69, 9.17) is 10.5 Å². The summed E-state index contributed by atoms with van der Waals surface area (Å²) in [5.74, 6) is -1.22. The molecule has 6 nitrogen and oxygen atoms in total. The Morgan fingerprint density at radius 3 is 2.52 bits per heavy atom. The molecule has 1 heterocycles. The molecule has 0 aliphatic heterocycles. The van der Waals surface area contributed by atoms with Gasteiger partial charge in [0, 0.05) is 12.1 Å². The van der Waals surface area contributed by atoms with Crippen molar-refractivity contribution in [3.63, 3.8) is 0 Å².